The predicted octanol–water partition coefficient (Wildman–Crippen LogP) is 3.24. The van der Waals surface area contributed by atoms with Crippen molar-refractivity contribution in [2.45, 2.75) is 59.0 Å². The highest BCUT2D eigenvalue weighted by Crippen LogP contribution is 2.31. The Kier molecular flexibility index (Phi) is 5.49. The second-order valence-corrected chi connectivity index (χ2v) is 6.96. The molecule has 2 aromatic heterocycles. The van der Waals surface area contributed by atoms with Gasteiger partial charge in [0, 0.05) is 37.6 Å². The first-order valence-electron chi connectivity index (χ1n) is 9.23. The fourth-order valence-corrected chi connectivity index (χ4v) is 3.92. The highest BCUT2D eigenvalue weighted by molar-refractivity contribution is 5.96. The van der Waals surface area contributed by atoms with Crippen LogP contribution in [0.15, 0.2) is 24.5 Å². The van der Waals surface area contributed by atoms with Gasteiger partial charge in [0.15, 0.2) is 5.78 Å². The summed E-state index contributed by atoms with van der Waals surface area (Å²) in [4.78, 5) is 30.8. The van der Waals surface area contributed by atoms with Crippen LogP contribution in [0.2, 0.25) is 0 Å². The van der Waals surface area contributed by atoms with Crippen LogP contribution in [0, 0.1) is 13.8 Å². The van der Waals surface area contributed by atoms with Crippen LogP contribution < -0.4 is 0 Å². The standard InChI is InChI=1S/C20H26N4O2/c1-14-20(16(3)25)15(2)24(22-14)12-9-19(26)23-11-5-4-8-18(23)17-7-6-10-21-13-17/h6-7,10,13,18H,4-5,8-9,11-12H2,1-3H3/t18-/m1/s1. The summed E-state index contributed by atoms with van der Waals surface area (Å²) in [7, 11) is 0. The van der Waals surface area contributed by atoms with Crippen LogP contribution in [0.4, 0.5) is 0 Å². The van der Waals surface area contributed by atoms with E-state index in [1.807, 2.05) is 37.1 Å². The van der Waals surface area contributed by atoms with E-state index in [2.05, 4.69) is 10.1 Å². The fourth-order valence-electron chi connectivity index (χ4n) is 3.92. The van der Waals surface area contributed by atoms with Gasteiger partial charge >= 0.3 is 0 Å². The van der Waals surface area contributed by atoms with Gasteiger partial charge in [-0.3, -0.25) is 19.3 Å². The number of ketones is 1. The number of nitrogens with zero attached hydrogens (tertiary/aromatic N) is 4. The first kappa shape index (κ1) is 18.3. The van der Waals surface area contributed by atoms with Gasteiger partial charge < -0.3 is 4.90 Å². The zero-order chi connectivity index (χ0) is 18.7. The van der Waals surface area contributed by atoms with Crippen LogP contribution in [0.1, 0.15) is 66.0 Å². The topological polar surface area (TPSA) is 68.1 Å². The Morgan fingerprint density at radius 3 is 2.73 bits per heavy atom. The Balaban J connectivity index is 1.71. The van der Waals surface area contributed by atoms with Gasteiger partial charge in [0.25, 0.3) is 0 Å². The van der Waals surface area contributed by atoms with Gasteiger partial charge in [0.05, 0.1) is 17.3 Å². The molecule has 0 spiro atoms. The maximum atomic E-state index is 12.9. The summed E-state index contributed by atoms with van der Waals surface area (Å²) in [5.74, 6) is 0.153. The third kappa shape index (κ3) is 3.69. The Hall–Kier alpha value is -2.50. The zero-order valence-electron chi connectivity index (χ0n) is 15.7. The molecule has 0 aromatic carbocycles. The molecule has 138 valence electrons. The van der Waals surface area contributed by atoms with Gasteiger partial charge in [-0.2, -0.15) is 5.10 Å². The summed E-state index contributed by atoms with van der Waals surface area (Å²) in [5.41, 5.74) is 3.34. The molecule has 0 unspecified atom stereocenters. The van der Waals surface area contributed by atoms with E-state index >= 15 is 0 Å². The molecule has 26 heavy (non-hydrogen) atoms. The number of amides is 1. The zero-order valence-corrected chi connectivity index (χ0v) is 15.7. The Morgan fingerprint density at radius 1 is 1.27 bits per heavy atom. The van der Waals surface area contributed by atoms with Crippen molar-refractivity contribution < 1.29 is 9.59 Å². The molecule has 1 aliphatic heterocycles. The average molecular weight is 354 g/mol. The lowest BCUT2D eigenvalue weighted by molar-refractivity contribution is -0.135. The number of aryl methyl sites for hydroxylation is 2. The summed E-state index contributed by atoms with van der Waals surface area (Å²) in [6.07, 6.45) is 7.14. The summed E-state index contributed by atoms with van der Waals surface area (Å²) in [6.45, 7) is 6.56. The van der Waals surface area contributed by atoms with Crippen LogP contribution in [-0.4, -0.2) is 37.9 Å². The third-order valence-corrected chi connectivity index (χ3v) is 5.16. The molecule has 0 bridgehead atoms. The second kappa shape index (κ2) is 7.81. The van der Waals surface area contributed by atoms with E-state index in [9.17, 15) is 9.59 Å². The van der Waals surface area contributed by atoms with Gasteiger partial charge in [-0.1, -0.05) is 6.07 Å². The maximum Gasteiger partial charge on any atom is 0.224 e. The summed E-state index contributed by atoms with van der Waals surface area (Å²) in [5, 5.41) is 4.44. The highest BCUT2D eigenvalue weighted by Gasteiger charge is 2.28. The molecule has 3 rings (SSSR count). The first-order chi connectivity index (χ1) is 12.5. The molecular weight excluding hydrogens is 328 g/mol. The van der Waals surface area contributed by atoms with Crippen molar-refractivity contribution >= 4 is 11.7 Å². The van der Waals surface area contributed by atoms with Gasteiger partial charge in [-0.25, -0.2) is 0 Å². The van der Waals surface area contributed by atoms with Crippen LogP contribution in [-0.2, 0) is 11.3 Å². The lowest BCUT2D eigenvalue weighted by Gasteiger charge is -2.36. The smallest absolute Gasteiger partial charge is 0.224 e. The second-order valence-electron chi connectivity index (χ2n) is 6.96. The Morgan fingerprint density at radius 2 is 2.08 bits per heavy atom. The lowest BCUT2D eigenvalue weighted by Crippen LogP contribution is -2.39. The molecule has 1 atom stereocenters. The van der Waals surface area contributed by atoms with Crippen molar-refractivity contribution in [1.29, 1.82) is 0 Å². The van der Waals surface area contributed by atoms with E-state index in [4.69, 9.17) is 0 Å². The number of likely N-dealkylation sites (tertiary alicyclic amines) is 1. The van der Waals surface area contributed by atoms with Gasteiger partial charge in [0.1, 0.15) is 0 Å². The van der Waals surface area contributed by atoms with Crippen molar-refractivity contribution in [3.63, 3.8) is 0 Å². The molecule has 0 aliphatic carbocycles. The van der Waals surface area contributed by atoms with Gasteiger partial charge in [-0.15, -0.1) is 0 Å². The average Bonchev–Trinajstić information content (AvgIpc) is 2.94. The van der Waals surface area contributed by atoms with Crippen molar-refractivity contribution in [2.75, 3.05) is 6.54 Å². The number of hydrogen-bond acceptors (Lipinski definition) is 4. The first-order valence-corrected chi connectivity index (χ1v) is 9.23. The van der Waals surface area contributed by atoms with E-state index in [-0.39, 0.29) is 17.7 Å². The molecule has 1 aliphatic rings. The van der Waals surface area contributed by atoms with Crippen molar-refractivity contribution in [1.82, 2.24) is 19.7 Å². The molecule has 0 saturated carbocycles. The molecule has 0 radical (unpaired) electrons. The van der Waals surface area contributed by atoms with E-state index in [1.54, 1.807) is 17.8 Å². The van der Waals surface area contributed by atoms with Crippen molar-refractivity contribution in [3.05, 3.63) is 47.0 Å². The van der Waals surface area contributed by atoms with E-state index in [0.717, 1.165) is 42.8 Å². The van der Waals surface area contributed by atoms with Crippen LogP contribution in [0.25, 0.3) is 0 Å². The van der Waals surface area contributed by atoms with E-state index in [1.165, 1.54) is 0 Å². The molecule has 1 fully saturated rings. The minimum absolute atomic E-state index is 0.0187. The molecule has 1 saturated heterocycles. The molecule has 6 heteroatoms. The lowest BCUT2D eigenvalue weighted by atomic mass is 9.96. The van der Waals surface area contributed by atoms with Crippen LogP contribution in [0.3, 0.4) is 0 Å². The highest BCUT2D eigenvalue weighted by atomic mass is 16.2. The molecular formula is C20H26N4O2. The number of piperidine rings is 1. The normalized spacial score (nSPS) is 17.3. The predicted molar refractivity (Wildman–Crippen MR) is 98.9 cm³/mol. The van der Waals surface area contributed by atoms with Crippen LogP contribution in [0.5, 0.6) is 0 Å². The SMILES string of the molecule is CC(=O)c1c(C)nn(CCC(=O)N2CCCC[C@@H]2c2cccnc2)c1C. The maximum absolute atomic E-state index is 12.9. The number of hydrogen-bond donors (Lipinski definition) is 0. The van der Waals surface area contributed by atoms with E-state index < -0.39 is 0 Å². The molecule has 3 heterocycles. The number of carbonyl (C=O) groups is 2. The van der Waals surface area contributed by atoms with Gasteiger partial charge in [0.2, 0.25) is 5.91 Å². The summed E-state index contributed by atoms with van der Waals surface area (Å²) in [6, 6.07) is 4.08. The Bertz CT molecular complexity index is 798. The summed E-state index contributed by atoms with van der Waals surface area (Å²) < 4.78 is 1.78. The number of Topliss-reactive ketones (excluding diaryl/α,β-unsaturated/α-hetero) is 1. The number of pyridine rings is 1. The number of carbonyl (C=O) groups excluding carboxylic acids is 2. The minimum atomic E-state index is 0.0187. The van der Waals surface area contributed by atoms with Gasteiger partial charge in [-0.05, 0) is 51.7 Å². The molecule has 1 amide bonds. The fraction of sp³-hybridized carbons (Fsp3) is 0.500. The van der Waals surface area contributed by atoms with Crippen LogP contribution >= 0.6 is 0 Å². The third-order valence-electron chi connectivity index (χ3n) is 5.16. The van der Waals surface area contributed by atoms with Crippen molar-refractivity contribution in [2.24, 2.45) is 0 Å². The van der Waals surface area contributed by atoms with Crippen molar-refractivity contribution in [3.8, 4) is 0 Å². The summed E-state index contributed by atoms with van der Waals surface area (Å²) >= 11 is 0. The Labute approximate surface area is 154 Å². The monoisotopic (exact) mass is 354 g/mol. The number of aromatic nitrogens is 3. The molecule has 0 N–H and O–H groups in total. The minimum Gasteiger partial charge on any atom is -0.336 e. The largest absolute Gasteiger partial charge is 0.336 e. The number of rotatable bonds is 5. The van der Waals surface area contributed by atoms with E-state index in [0.29, 0.717) is 18.5 Å². The molecule has 6 nitrogen and oxygen atoms in total. The molecule has 2 aromatic rings. The quantitative estimate of drug-likeness (QED) is 0.773.